The summed E-state index contributed by atoms with van der Waals surface area (Å²) in [6.45, 7) is 1.85. The first-order valence-electron chi connectivity index (χ1n) is 10.3. The molecule has 0 aliphatic heterocycles. The average molecular weight is 435 g/mol. The number of hydrogen-bond donors (Lipinski definition) is 1. The van der Waals surface area contributed by atoms with Crippen molar-refractivity contribution in [3.63, 3.8) is 0 Å². The van der Waals surface area contributed by atoms with Crippen molar-refractivity contribution in [2.24, 2.45) is 0 Å². The SMILES string of the molecule is Cc1cc(NC(=O)c2cc3ccccc3o2)n(-c2ncnc3c2cnn3-c2ccccc2)n1. The van der Waals surface area contributed by atoms with Crippen molar-refractivity contribution in [1.29, 1.82) is 0 Å². The molecule has 0 atom stereocenters. The minimum Gasteiger partial charge on any atom is -0.451 e. The van der Waals surface area contributed by atoms with Crippen LogP contribution in [0.1, 0.15) is 16.2 Å². The first-order chi connectivity index (χ1) is 16.2. The van der Waals surface area contributed by atoms with Crippen LogP contribution in [-0.4, -0.2) is 35.4 Å². The van der Waals surface area contributed by atoms with E-state index in [1.807, 2.05) is 61.5 Å². The maximum atomic E-state index is 12.9. The Bertz CT molecular complexity index is 1600. The van der Waals surface area contributed by atoms with Gasteiger partial charge in [0.2, 0.25) is 0 Å². The molecule has 4 heterocycles. The van der Waals surface area contributed by atoms with Crippen molar-refractivity contribution >= 4 is 33.7 Å². The largest absolute Gasteiger partial charge is 0.451 e. The maximum absolute atomic E-state index is 12.9. The summed E-state index contributed by atoms with van der Waals surface area (Å²) >= 11 is 0. The molecule has 0 spiro atoms. The fourth-order valence-corrected chi connectivity index (χ4v) is 3.78. The van der Waals surface area contributed by atoms with Crippen LogP contribution in [0.15, 0.2) is 83.7 Å². The number of amides is 1. The molecule has 1 amide bonds. The molecule has 0 saturated heterocycles. The first-order valence-corrected chi connectivity index (χ1v) is 10.3. The van der Waals surface area contributed by atoms with E-state index < -0.39 is 0 Å². The molecule has 1 N–H and O–H groups in total. The molecule has 0 radical (unpaired) electrons. The number of anilines is 1. The van der Waals surface area contributed by atoms with E-state index in [2.05, 4.69) is 25.5 Å². The normalized spacial score (nSPS) is 11.3. The molecular weight excluding hydrogens is 418 g/mol. The van der Waals surface area contributed by atoms with Gasteiger partial charge >= 0.3 is 0 Å². The fourth-order valence-electron chi connectivity index (χ4n) is 3.78. The number of nitrogens with zero attached hydrogens (tertiary/aromatic N) is 6. The highest BCUT2D eigenvalue weighted by molar-refractivity contribution is 6.04. The second-order valence-electron chi connectivity index (χ2n) is 7.51. The third kappa shape index (κ3) is 3.23. The van der Waals surface area contributed by atoms with Gasteiger partial charge in [-0.25, -0.2) is 14.6 Å². The third-order valence-electron chi connectivity index (χ3n) is 5.27. The summed E-state index contributed by atoms with van der Waals surface area (Å²) in [5, 5.41) is 13.5. The number of aryl methyl sites for hydroxylation is 1. The van der Waals surface area contributed by atoms with Crippen LogP contribution in [0.4, 0.5) is 5.82 Å². The molecule has 160 valence electrons. The maximum Gasteiger partial charge on any atom is 0.292 e. The van der Waals surface area contributed by atoms with Gasteiger partial charge in [-0.2, -0.15) is 14.9 Å². The smallest absolute Gasteiger partial charge is 0.292 e. The van der Waals surface area contributed by atoms with Gasteiger partial charge in [-0.15, -0.1) is 0 Å². The van der Waals surface area contributed by atoms with Gasteiger partial charge in [-0.05, 0) is 31.2 Å². The first kappa shape index (κ1) is 18.9. The third-order valence-corrected chi connectivity index (χ3v) is 5.27. The number of hydrogen-bond acceptors (Lipinski definition) is 6. The molecular formula is C24H17N7O2. The summed E-state index contributed by atoms with van der Waals surface area (Å²) in [4.78, 5) is 21.8. The Morgan fingerprint density at radius 1 is 0.970 bits per heavy atom. The Hall–Kier alpha value is -4.79. The molecule has 0 bridgehead atoms. The van der Waals surface area contributed by atoms with Gasteiger partial charge in [0.25, 0.3) is 5.91 Å². The van der Waals surface area contributed by atoms with Crippen LogP contribution in [0.25, 0.3) is 33.5 Å². The zero-order chi connectivity index (χ0) is 22.4. The number of benzene rings is 2. The Labute approximate surface area is 187 Å². The van der Waals surface area contributed by atoms with E-state index >= 15 is 0 Å². The Balaban J connectivity index is 1.40. The topological polar surface area (TPSA) is 104 Å². The van der Waals surface area contributed by atoms with Crippen LogP contribution < -0.4 is 5.32 Å². The zero-order valence-electron chi connectivity index (χ0n) is 17.5. The highest BCUT2D eigenvalue weighted by Gasteiger charge is 2.19. The van der Waals surface area contributed by atoms with Gasteiger partial charge < -0.3 is 9.73 Å². The summed E-state index contributed by atoms with van der Waals surface area (Å²) in [6.07, 6.45) is 3.15. The molecule has 6 aromatic rings. The van der Waals surface area contributed by atoms with Crippen molar-refractivity contribution < 1.29 is 9.21 Å². The van der Waals surface area contributed by atoms with E-state index in [1.54, 1.807) is 27.7 Å². The predicted octanol–water partition coefficient (Wildman–Crippen LogP) is 4.31. The van der Waals surface area contributed by atoms with E-state index in [0.717, 1.165) is 16.8 Å². The molecule has 4 aromatic heterocycles. The number of rotatable bonds is 4. The molecule has 9 heteroatoms. The quantitative estimate of drug-likeness (QED) is 0.443. The monoisotopic (exact) mass is 435 g/mol. The van der Waals surface area contributed by atoms with E-state index in [-0.39, 0.29) is 11.7 Å². The van der Waals surface area contributed by atoms with E-state index in [0.29, 0.717) is 28.3 Å². The lowest BCUT2D eigenvalue weighted by atomic mass is 10.2. The standard InChI is InChI=1S/C24H17N7O2/c1-15-11-21(28-24(32)20-12-16-7-5-6-10-19(16)33-20)31(29-15)23-18-13-27-30(22(18)25-14-26-23)17-8-3-2-4-9-17/h2-14H,1H3,(H,28,32). The Morgan fingerprint density at radius 2 is 1.79 bits per heavy atom. The van der Waals surface area contributed by atoms with Crippen LogP contribution in [0.5, 0.6) is 0 Å². The van der Waals surface area contributed by atoms with Crippen molar-refractivity contribution in [2.45, 2.75) is 6.92 Å². The second-order valence-corrected chi connectivity index (χ2v) is 7.51. The molecule has 0 saturated carbocycles. The molecule has 9 nitrogen and oxygen atoms in total. The fraction of sp³-hybridized carbons (Fsp3) is 0.0417. The van der Waals surface area contributed by atoms with Crippen LogP contribution >= 0.6 is 0 Å². The second kappa shape index (κ2) is 7.41. The van der Waals surface area contributed by atoms with Gasteiger partial charge in [-0.1, -0.05) is 36.4 Å². The van der Waals surface area contributed by atoms with Gasteiger partial charge in [0.1, 0.15) is 17.7 Å². The molecule has 6 rings (SSSR count). The van der Waals surface area contributed by atoms with Crippen molar-refractivity contribution in [3.05, 3.63) is 90.7 Å². The van der Waals surface area contributed by atoms with Gasteiger partial charge in [-0.3, -0.25) is 4.79 Å². The number of furan rings is 1. The van der Waals surface area contributed by atoms with Crippen LogP contribution in [0.3, 0.4) is 0 Å². The van der Waals surface area contributed by atoms with E-state index in [4.69, 9.17) is 4.42 Å². The summed E-state index contributed by atoms with van der Waals surface area (Å²) in [6, 6.07) is 20.7. The minimum atomic E-state index is -0.377. The Kier molecular flexibility index (Phi) is 4.25. The van der Waals surface area contributed by atoms with E-state index in [1.165, 1.54) is 6.33 Å². The van der Waals surface area contributed by atoms with Crippen LogP contribution in [0.2, 0.25) is 0 Å². The number of carbonyl (C=O) groups is 1. The van der Waals surface area contributed by atoms with Crippen molar-refractivity contribution in [3.8, 4) is 11.5 Å². The number of nitrogens with one attached hydrogen (secondary N) is 1. The highest BCUT2D eigenvalue weighted by atomic mass is 16.3. The molecule has 33 heavy (non-hydrogen) atoms. The van der Waals surface area contributed by atoms with Crippen molar-refractivity contribution in [2.75, 3.05) is 5.32 Å². The predicted molar refractivity (Wildman–Crippen MR) is 123 cm³/mol. The average Bonchev–Trinajstić information content (AvgIpc) is 3.55. The van der Waals surface area contributed by atoms with Gasteiger partial charge in [0.05, 0.1) is 23.0 Å². The van der Waals surface area contributed by atoms with E-state index in [9.17, 15) is 4.79 Å². The molecule has 0 fully saturated rings. The summed E-state index contributed by atoms with van der Waals surface area (Å²) < 4.78 is 9.02. The summed E-state index contributed by atoms with van der Waals surface area (Å²) in [7, 11) is 0. The van der Waals surface area contributed by atoms with Crippen LogP contribution in [0, 0.1) is 6.92 Å². The zero-order valence-corrected chi connectivity index (χ0v) is 17.5. The van der Waals surface area contributed by atoms with Gasteiger partial charge in [0, 0.05) is 11.5 Å². The lowest BCUT2D eigenvalue weighted by Gasteiger charge is -2.08. The highest BCUT2D eigenvalue weighted by Crippen LogP contribution is 2.25. The minimum absolute atomic E-state index is 0.214. The summed E-state index contributed by atoms with van der Waals surface area (Å²) in [5.74, 6) is 0.810. The molecule has 0 aliphatic rings. The lowest BCUT2D eigenvalue weighted by molar-refractivity contribution is 0.0998. The van der Waals surface area contributed by atoms with Crippen molar-refractivity contribution in [1.82, 2.24) is 29.5 Å². The van der Waals surface area contributed by atoms with Crippen LogP contribution in [-0.2, 0) is 0 Å². The summed E-state index contributed by atoms with van der Waals surface area (Å²) in [5.41, 5.74) is 2.89. The number of fused-ring (bicyclic) bond motifs is 2. The molecule has 0 aliphatic carbocycles. The number of carbonyl (C=O) groups excluding carboxylic acids is 1. The lowest BCUT2D eigenvalue weighted by Crippen LogP contribution is -2.15. The molecule has 0 unspecified atom stereocenters. The number of aromatic nitrogens is 6. The molecule has 2 aromatic carbocycles. The Morgan fingerprint density at radius 3 is 2.64 bits per heavy atom. The number of para-hydroxylation sites is 2. The van der Waals surface area contributed by atoms with Gasteiger partial charge in [0.15, 0.2) is 17.2 Å².